The van der Waals surface area contributed by atoms with Crippen LogP contribution in [-0.4, -0.2) is 48.5 Å². The van der Waals surface area contributed by atoms with Gasteiger partial charge in [0.2, 0.25) is 5.91 Å². The summed E-state index contributed by atoms with van der Waals surface area (Å²) in [6, 6.07) is 5.51. The number of carbonyl (C=O) groups is 1. The van der Waals surface area contributed by atoms with E-state index in [0.29, 0.717) is 31.0 Å². The van der Waals surface area contributed by atoms with Crippen LogP contribution in [0.25, 0.3) is 0 Å². The fraction of sp³-hybridized carbons (Fsp3) is 0.471. The van der Waals surface area contributed by atoms with Crippen LogP contribution in [0.3, 0.4) is 0 Å². The highest BCUT2D eigenvalue weighted by molar-refractivity contribution is 5.78. The summed E-state index contributed by atoms with van der Waals surface area (Å²) in [6.07, 6.45) is 8.63. The molecule has 1 amide bonds. The van der Waals surface area contributed by atoms with Gasteiger partial charge in [0.15, 0.2) is 0 Å². The first-order valence-electron chi connectivity index (χ1n) is 7.77. The molecule has 1 aromatic rings. The van der Waals surface area contributed by atoms with E-state index in [4.69, 9.17) is 11.7 Å². The van der Waals surface area contributed by atoms with Crippen LogP contribution in [0.4, 0.5) is 5.82 Å². The lowest BCUT2D eigenvalue weighted by Crippen LogP contribution is -2.41. The van der Waals surface area contributed by atoms with Gasteiger partial charge < -0.3 is 10.6 Å². The summed E-state index contributed by atoms with van der Waals surface area (Å²) in [5, 5.41) is 15.0. The third-order valence-corrected chi connectivity index (χ3v) is 3.92. The van der Waals surface area contributed by atoms with Gasteiger partial charge in [0.05, 0.1) is 12.1 Å². The Bertz CT molecular complexity index is 608. The number of aromatic nitrogens is 1. The number of amides is 1. The Labute approximate surface area is 136 Å². The number of piperidine rings is 1. The van der Waals surface area contributed by atoms with Crippen molar-refractivity contribution in [2.24, 2.45) is 5.92 Å². The number of nitriles is 1. The van der Waals surface area contributed by atoms with Crippen molar-refractivity contribution in [1.29, 1.82) is 5.26 Å². The van der Waals surface area contributed by atoms with E-state index in [9.17, 15) is 4.79 Å². The Hall–Kier alpha value is -2.57. The minimum absolute atomic E-state index is 0.0635. The normalized spacial score (nSPS) is 15.4. The van der Waals surface area contributed by atoms with Gasteiger partial charge >= 0.3 is 0 Å². The van der Waals surface area contributed by atoms with Crippen LogP contribution in [0.15, 0.2) is 18.3 Å². The highest BCUT2D eigenvalue weighted by Crippen LogP contribution is 2.16. The van der Waals surface area contributed by atoms with Crippen molar-refractivity contribution in [3.63, 3.8) is 0 Å². The second-order valence-electron chi connectivity index (χ2n) is 5.48. The standard InChI is InChI=1S/C17H21N5O/c1-2-10-22-11-5-14(6-12-22)17(23)21-9-8-20-16-15(13-18)4-3-7-19-16/h1,3-4,7,14H,5-6,8-12H2,(H,19,20)(H,21,23). The van der Waals surface area contributed by atoms with Gasteiger partial charge in [0.25, 0.3) is 0 Å². The van der Waals surface area contributed by atoms with Crippen molar-refractivity contribution < 1.29 is 4.79 Å². The molecular weight excluding hydrogens is 290 g/mol. The Kier molecular flexibility index (Phi) is 6.40. The van der Waals surface area contributed by atoms with Crippen LogP contribution in [-0.2, 0) is 4.79 Å². The molecule has 1 saturated heterocycles. The second kappa shape index (κ2) is 8.77. The summed E-state index contributed by atoms with van der Waals surface area (Å²) in [7, 11) is 0. The summed E-state index contributed by atoms with van der Waals surface area (Å²) in [4.78, 5) is 18.4. The average Bonchev–Trinajstić information content (AvgIpc) is 2.60. The molecule has 23 heavy (non-hydrogen) atoms. The predicted octanol–water partition coefficient (Wildman–Crippen LogP) is 0.827. The van der Waals surface area contributed by atoms with Crippen molar-refractivity contribution in [2.45, 2.75) is 12.8 Å². The summed E-state index contributed by atoms with van der Waals surface area (Å²) in [5.74, 6) is 3.34. The lowest BCUT2D eigenvalue weighted by Gasteiger charge is -2.29. The van der Waals surface area contributed by atoms with Crippen LogP contribution in [0, 0.1) is 29.6 Å². The number of hydrogen-bond acceptors (Lipinski definition) is 5. The van der Waals surface area contributed by atoms with Gasteiger partial charge in [-0.2, -0.15) is 5.26 Å². The molecule has 2 N–H and O–H groups in total. The number of nitrogens with one attached hydrogen (secondary N) is 2. The summed E-state index contributed by atoms with van der Waals surface area (Å²) >= 11 is 0. The molecule has 1 aliphatic heterocycles. The maximum absolute atomic E-state index is 12.1. The fourth-order valence-electron chi connectivity index (χ4n) is 2.63. The Morgan fingerprint density at radius 2 is 2.22 bits per heavy atom. The maximum Gasteiger partial charge on any atom is 0.223 e. The van der Waals surface area contributed by atoms with Crippen molar-refractivity contribution in [1.82, 2.24) is 15.2 Å². The highest BCUT2D eigenvalue weighted by atomic mass is 16.1. The molecule has 1 aromatic heterocycles. The van der Waals surface area contributed by atoms with E-state index in [1.165, 1.54) is 0 Å². The number of terminal acetylenes is 1. The van der Waals surface area contributed by atoms with Crippen molar-refractivity contribution in [2.75, 3.05) is 38.0 Å². The van der Waals surface area contributed by atoms with Crippen LogP contribution in [0.5, 0.6) is 0 Å². The molecule has 120 valence electrons. The zero-order valence-corrected chi connectivity index (χ0v) is 13.1. The zero-order valence-electron chi connectivity index (χ0n) is 13.1. The first-order chi connectivity index (χ1) is 11.2. The maximum atomic E-state index is 12.1. The fourth-order valence-corrected chi connectivity index (χ4v) is 2.63. The molecule has 0 saturated carbocycles. The first-order valence-corrected chi connectivity index (χ1v) is 7.77. The van der Waals surface area contributed by atoms with Crippen LogP contribution in [0.1, 0.15) is 18.4 Å². The second-order valence-corrected chi connectivity index (χ2v) is 5.48. The molecule has 6 heteroatoms. The van der Waals surface area contributed by atoms with Crippen molar-refractivity contribution in [3.05, 3.63) is 23.9 Å². The molecule has 0 radical (unpaired) electrons. The number of pyridine rings is 1. The van der Waals surface area contributed by atoms with Crippen molar-refractivity contribution in [3.8, 4) is 18.4 Å². The van der Waals surface area contributed by atoms with Gasteiger partial charge in [-0.25, -0.2) is 4.98 Å². The summed E-state index contributed by atoms with van der Waals surface area (Å²) in [5.41, 5.74) is 0.500. The lowest BCUT2D eigenvalue weighted by molar-refractivity contribution is -0.126. The Morgan fingerprint density at radius 1 is 1.43 bits per heavy atom. The number of rotatable bonds is 6. The minimum Gasteiger partial charge on any atom is -0.367 e. The quantitative estimate of drug-likeness (QED) is 0.601. The third kappa shape index (κ3) is 4.98. The first kappa shape index (κ1) is 16.8. The van der Waals surface area contributed by atoms with E-state index in [2.05, 4.69) is 32.5 Å². The highest BCUT2D eigenvalue weighted by Gasteiger charge is 2.24. The predicted molar refractivity (Wildman–Crippen MR) is 88.4 cm³/mol. The lowest BCUT2D eigenvalue weighted by atomic mass is 9.96. The van der Waals surface area contributed by atoms with E-state index >= 15 is 0 Å². The topological polar surface area (TPSA) is 81.1 Å². The molecule has 6 nitrogen and oxygen atoms in total. The van der Waals surface area contributed by atoms with Crippen LogP contribution in [0.2, 0.25) is 0 Å². The number of anilines is 1. The van der Waals surface area contributed by atoms with Gasteiger partial charge in [0.1, 0.15) is 11.9 Å². The largest absolute Gasteiger partial charge is 0.367 e. The SMILES string of the molecule is C#CCN1CCC(C(=O)NCCNc2ncccc2C#N)CC1. The van der Waals surface area contributed by atoms with Gasteiger partial charge in [-0.15, -0.1) is 6.42 Å². The Morgan fingerprint density at radius 3 is 2.91 bits per heavy atom. The van der Waals surface area contributed by atoms with E-state index in [1.54, 1.807) is 18.3 Å². The molecule has 1 fully saturated rings. The van der Waals surface area contributed by atoms with E-state index in [-0.39, 0.29) is 11.8 Å². The summed E-state index contributed by atoms with van der Waals surface area (Å²) in [6.45, 7) is 3.45. The molecule has 0 bridgehead atoms. The molecule has 1 aliphatic rings. The average molecular weight is 311 g/mol. The molecule has 0 unspecified atom stereocenters. The van der Waals surface area contributed by atoms with Gasteiger partial charge in [-0.3, -0.25) is 9.69 Å². The molecule has 0 spiro atoms. The number of hydrogen-bond donors (Lipinski definition) is 2. The summed E-state index contributed by atoms with van der Waals surface area (Å²) < 4.78 is 0. The molecule has 2 rings (SSSR count). The van der Waals surface area contributed by atoms with E-state index < -0.39 is 0 Å². The third-order valence-electron chi connectivity index (χ3n) is 3.92. The van der Waals surface area contributed by atoms with Gasteiger partial charge in [-0.1, -0.05) is 5.92 Å². The van der Waals surface area contributed by atoms with Gasteiger partial charge in [-0.05, 0) is 38.1 Å². The number of nitrogens with zero attached hydrogens (tertiary/aromatic N) is 3. The molecule has 0 atom stereocenters. The number of likely N-dealkylation sites (tertiary alicyclic amines) is 1. The molecule has 0 aromatic carbocycles. The molecular formula is C17H21N5O. The van der Waals surface area contributed by atoms with Crippen molar-refractivity contribution >= 4 is 11.7 Å². The Balaban J connectivity index is 1.68. The molecule has 2 heterocycles. The monoisotopic (exact) mass is 311 g/mol. The van der Waals surface area contributed by atoms with Crippen LogP contribution < -0.4 is 10.6 Å². The minimum atomic E-state index is 0.0635. The number of carbonyl (C=O) groups excluding carboxylic acids is 1. The van der Waals surface area contributed by atoms with Crippen LogP contribution >= 0.6 is 0 Å². The van der Waals surface area contributed by atoms with E-state index in [0.717, 1.165) is 25.9 Å². The zero-order chi connectivity index (χ0) is 16.5. The molecule has 0 aliphatic carbocycles. The van der Waals surface area contributed by atoms with E-state index in [1.807, 2.05) is 0 Å². The van der Waals surface area contributed by atoms with Gasteiger partial charge in [0, 0.05) is 25.2 Å². The smallest absolute Gasteiger partial charge is 0.223 e.